The third-order valence-electron chi connectivity index (χ3n) is 6.06. The van der Waals surface area contributed by atoms with E-state index in [2.05, 4.69) is 10.6 Å². The number of hydrazine groups is 1. The number of amides is 3. The van der Waals surface area contributed by atoms with Gasteiger partial charge in [0.05, 0.1) is 13.5 Å². The molecule has 0 bridgehead atoms. The Morgan fingerprint density at radius 2 is 1.97 bits per heavy atom. The zero-order chi connectivity index (χ0) is 20.2. The topological polar surface area (TPSA) is 91.0 Å². The average molecular weight is 435 g/mol. The maximum absolute atomic E-state index is 13.4. The second kappa shape index (κ2) is 6.82. The fourth-order valence-corrected chi connectivity index (χ4v) is 8.65. The van der Waals surface area contributed by atoms with Gasteiger partial charge in [-0.1, -0.05) is 30.3 Å². The number of hydrogen-bond donors (Lipinski definition) is 2. The molecule has 29 heavy (non-hydrogen) atoms. The first kappa shape index (κ1) is 19.1. The van der Waals surface area contributed by atoms with E-state index in [9.17, 15) is 14.4 Å². The molecule has 3 amide bonds. The van der Waals surface area contributed by atoms with Gasteiger partial charge in [0.25, 0.3) is 0 Å². The van der Waals surface area contributed by atoms with Crippen molar-refractivity contribution in [2.75, 3.05) is 18.6 Å². The summed E-state index contributed by atoms with van der Waals surface area (Å²) < 4.78 is 4.57. The molecule has 0 aromatic heterocycles. The Hall–Kier alpha value is -1.91. The van der Waals surface area contributed by atoms with Crippen molar-refractivity contribution in [3.63, 3.8) is 0 Å². The number of carbonyl (C=O) groups is 3. The van der Waals surface area contributed by atoms with E-state index in [1.165, 1.54) is 7.11 Å². The Bertz CT molecular complexity index is 863. The molecule has 5 rings (SSSR count). The molecular weight excluding hydrogens is 412 g/mol. The third-order valence-corrected chi connectivity index (χ3v) is 9.60. The molecule has 8 nitrogen and oxygen atoms in total. The van der Waals surface area contributed by atoms with E-state index < -0.39 is 27.8 Å². The van der Waals surface area contributed by atoms with Gasteiger partial charge in [0.1, 0.15) is 10.1 Å². The van der Waals surface area contributed by atoms with Crippen molar-refractivity contribution >= 4 is 41.4 Å². The highest BCUT2D eigenvalue weighted by Crippen LogP contribution is 2.62. The molecule has 4 aliphatic heterocycles. The maximum Gasteiger partial charge on any atom is 0.327 e. The van der Waals surface area contributed by atoms with Crippen LogP contribution in [0.2, 0.25) is 0 Å². The third kappa shape index (κ3) is 2.55. The first-order chi connectivity index (χ1) is 14.0. The molecule has 10 heteroatoms. The number of ether oxygens (including phenoxy) is 1. The van der Waals surface area contributed by atoms with Gasteiger partial charge in [-0.3, -0.25) is 9.59 Å². The van der Waals surface area contributed by atoms with Gasteiger partial charge >= 0.3 is 12.0 Å². The molecule has 2 N–H and O–H groups in total. The molecular formula is C19H22N4O4S2. The number of nitrogens with zero attached hydrogens (tertiary/aromatic N) is 2. The lowest BCUT2D eigenvalue weighted by molar-refractivity contribution is -0.160. The van der Waals surface area contributed by atoms with Gasteiger partial charge in [-0.15, -0.1) is 23.5 Å². The van der Waals surface area contributed by atoms with Gasteiger partial charge in [0.15, 0.2) is 11.7 Å². The lowest BCUT2D eigenvalue weighted by Crippen LogP contribution is -2.66. The van der Waals surface area contributed by atoms with Crippen LogP contribution in [-0.4, -0.2) is 68.4 Å². The van der Waals surface area contributed by atoms with E-state index in [0.29, 0.717) is 13.0 Å². The quantitative estimate of drug-likeness (QED) is 0.690. The van der Waals surface area contributed by atoms with E-state index in [-0.39, 0.29) is 11.9 Å². The number of carbonyl (C=O) groups excluding carboxylic acids is 3. The normalized spacial score (nSPS) is 32.7. The maximum atomic E-state index is 13.4. The largest absolute Gasteiger partial charge is 0.468 e. The SMILES string of the molecule is COC(=O)[C@@H]1C2NC(=O)N[C@]23N(C(=O)CC32SCCCS2)N1Cc1ccccc1. The lowest BCUT2D eigenvalue weighted by Gasteiger charge is -2.45. The summed E-state index contributed by atoms with van der Waals surface area (Å²) >= 11 is 3.44. The Balaban J connectivity index is 1.64. The summed E-state index contributed by atoms with van der Waals surface area (Å²) in [6.45, 7) is 0.369. The molecule has 4 aliphatic rings. The van der Waals surface area contributed by atoms with Crippen LogP contribution in [0.1, 0.15) is 18.4 Å². The van der Waals surface area contributed by atoms with E-state index in [0.717, 1.165) is 23.5 Å². The van der Waals surface area contributed by atoms with E-state index in [1.807, 2.05) is 30.3 Å². The van der Waals surface area contributed by atoms with Crippen molar-refractivity contribution in [1.82, 2.24) is 20.7 Å². The molecule has 0 saturated carbocycles. The number of rotatable bonds is 3. The summed E-state index contributed by atoms with van der Waals surface area (Å²) in [5.41, 5.74) is -0.0227. The van der Waals surface area contributed by atoms with Crippen molar-refractivity contribution in [2.24, 2.45) is 0 Å². The second-order valence-corrected chi connectivity index (χ2v) is 10.6. The first-order valence-electron chi connectivity index (χ1n) is 9.60. The van der Waals surface area contributed by atoms with Gasteiger partial charge in [-0.25, -0.2) is 9.80 Å². The highest BCUT2D eigenvalue weighted by Gasteiger charge is 2.79. The second-order valence-electron chi connectivity index (χ2n) is 7.58. The van der Waals surface area contributed by atoms with Crippen LogP contribution in [0.15, 0.2) is 30.3 Å². The Kier molecular flexibility index (Phi) is 4.48. The molecule has 1 aromatic carbocycles. The Morgan fingerprint density at radius 3 is 2.66 bits per heavy atom. The molecule has 154 valence electrons. The zero-order valence-electron chi connectivity index (χ0n) is 15.9. The fourth-order valence-electron chi connectivity index (χ4n) is 4.98. The number of thioether (sulfide) groups is 2. The average Bonchev–Trinajstić information content (AvgIpc) is 3.27. The summed E-state index contributed by atoms with van der Waals surface area (Å²) in [5, 5.41) is 9.44. The smallest absolute Gasteiger partial charge is 0.327 e. The van der Waals surface area contributed by atoms with E-state index in [4.69, 9.17) is 4.74 Å². The van der Waals surface area contributed by atoms with Crippen LogP contribution >= 0.6 is 23.5 Å². The Labute approximate surface area is 177 Å². The zero-order valence-corrected chi connectivity index (χ0v) is 17.6. The number of benzene rings is 1. The first-order valence-corrected chi connectivity index (χ1v) is 11.6. The number of methoxy groups -OCH3 is 1. The van der Waals surface area contributed by atoms with Crippen LogP contribution in [0, 0.1) is 0 Å². The van der Waals surface area contributed by atoms with Crippen LogP contribution in [0.3, 0.4) is 0 Å². The van der Waals surface area contributed by atoms with Crippen molar-refractivity contribution in [1.29, 1.82) is 0 Å². The molecule has 4 saturated heterocycles. The number of esters is 1. The van der Waals surface area contributed by atoms with Gasteiger partial charge in [0.2, 0.25) is 5.91 Å². The minimum Gasteiger partial charge on any atom is -0.468 e. The van der Waals surface area contributed by atoms with Gasteiger partial charge in [-0.2, -0.15) is 5.01 Å². The summed E-state index contributed by atoms with van der Waals surface area (Å²) in [5.74, 6) is 1.29. The summed E-state index contributed by atoms with van der Waals surface area (Å²) in [7, 11) is 1.34. The molecule has 2 spiro atoms. The highest BCUT2D eigenvalue weighted by molar-refractivity contribution is 8.19. The lowest BCUT2D eigenvalue weighted by atomic mass is 9.94. The van der Waals surface area contributed by atoms with Crippen molar-refractivity contribution < 1.29 is 19.1 Å². The molecule has 4 fully saturated rings. The minimum atomic E-state index is -0.995. The van der Waals surface area contributed by atoms with Crippen LogP contribution < -0.4 is 10.6 Å². The number of hydrogen-bond acceptors (Lipinski definition) is 7. The van der Waals surface area contributed by atoms with Gasteiger partial charge in [0, 0.05) is 6.54 Å². The van der Waals surface area contributed by atoms with E-state index in [1.54, 1.807) is 33.5 Å². The van der Waals surface area contributed by atoms with Crippen molar-refractivity contribution in [3.05, 3.63) is 35.9 Å². The molecule has 1 aromatic rings. The minimum absolute atomic E-state index is 0.0803. The fraction of sp³-hybridized carbons (Fsp3) is 0.526. The summed E-state index contributed by atoms with van der Waals surface area (Å²) in [4.78, 5) is 38.7. The van der Waals surface area contributed by atoms with E-state index >= 15 is 0 Å². The van der Waals surface area contributed by atoms with Crippen molar-refractivity contribution in [3.8, 4) is 0 Å². The standard InChI is InChI=1S/C19H22N4O4S2/c1-27-16(25)14-15-19(21-17(26)20-15)18(28-8-5-9-29-18)10-13(24)23(19)22(14)11-12-6-3-2-4-7-12/h2-4,6-7,14-15H,5,8-11H2,1H3,(H2,20,21,26)/t14-,15?,19-/m0/s1. The van der Waals surface area contributed by atoms with Gasteiger partial charge < -0.3 is 15.4 Å². The summed E-state index contributed by atoms with van der Waals surface area (Å²) in [6, 6.07) is 7.97. The Morgan fingerprint density at radius 1 is 1.24 bits per heavy atom. The van der Waals surface area contributed by atoms with Crippen LogP contribution in [-0.2, 0) is 20.9 Å². The predicted molar refractivity (Wildman–Crippen MR) is 110 cm³/mol. The summed E-state index contributed by atoms with van der Waals surface area (Å²) in [6.07, 6.45) is 1.38. The number of urea groups is 1. The molecule has 0 radical (unpaired) electrons. The van der Waals surface area contributed by atoms with Crippen LogP contribution in [0.5, 0.6) is 0 Å². The highest BCUT2D eigenvalue weighted by atomic mass is 32.2. The molecule has 0 aliphatic carbocycles. The molecule has 4 heterocycles. The van der Waals surface area contributed by atoms with Gasteiger partial charge in [-0.05, 0) is 23.5 Å². The number of nitrogens with one attached hydrogen (secondary N) is 2. The predicted octanol–water partition coefficient (Wildman–Crippen LogP) is 1.14. The molecule has 3 atom stereocenters. The monoisotopic (exact) mass is 434 g/mol. The van der Waals surface area contributed by atoms with Crippen LogP contribution in [0.4, 0.5) is 4.79 Å². The van der Waals surface area contributed by atoms with Crippen molar-refractivity contribution in [2.45, 2.75) is 41.2 Å². The van der Waals surface area contributed by atoms with Crippen LogP contribution in [0.25, 0.3) is 0 Å². The molecule has 1 unspecified atom stereocenters.